The zero-order valence-electron chi connectivity index (χ0n) is 20.0. The van der Waals surface area contributed by atoms with Gasteiger partial charge in [0.05, 0.1) is 39.8 Å². The molecule has 0 bridgehead atoms. The molecule has 0 unspecified atom stereocenters. The van der Waals surface area contributed by atoms with Gasteiger partial charge in [-0.05, 0) is 0 Å². The highest BCUT2D eigenvalue weighted by molar-refractivity contribution is 5.13. The van der Waals surface area contributed by atoms with Crippen LogP contribution in [0.4, 0.5) is 0 Å². The summed E-state index contributed by atoms with van der Waals surface area (Å²) in [7, 11) is 2.49. The molecule has 0 radical (unpaired) electrons. The van der Waals surface area contributed by atoms with E-state index in [1.807, 2.05) is 9.97 Å². The highest BCUT2D eigenvalue weighted by Crippen LogP contribution is 2.29. The molecule has 212 valence electrons. The van der Waals surface area contributed by atoms with E-state index in [1.165, 1.54) is 14.2 Å². The van der Waals surface area contributed by atoms with Crippen molar-refractivity contribution in [1.82, 2.24) is 19.1 Å². The number of hydrogen-bond acceptors (Lipinski definition) is 14. The number of hydrogen-bond donors (Lipinski definition) is 8. The number of rotatable bonds is 6. The molecule has 2 aliphatic rings. The van der Waals surface area contributed by atoms with E-state index >= 15 is 0 Å². The van der Waals surface area contributed by atoms with Gasteiger partial charge in [-0.25, -0.2) is 9.59 Å². The van der Waals surface area contributed by atoms with E-state index in [0.717, 1.165) is 21.5 Å². The summed E-state index contributed by atoms with van der Waals surface area (Å²) < 4.78 is 21.7. The molecule has 0 aliphatic carbocycles. The van der Waals surface area contributed by atoms with Crippen LogP contribution in [0.1, 0.15) is 12.5 Å². The Hall–Kier alpha value is -3.36. The van der Waals surface area contributed by atoms with Crippen LogP contribution in [0.2, 0.25) is 0 Å². The van der Waals surface area contributed by atoms with Crippen molar-refractivity contribution in [1.29, 1.82) is 0 Å². The molecule has 18 nitrogen and oxygen atoms in total. The third-order valence-electron chi connectivity index (χ3n) is 5.89. The minimum absolute atomic E-state index is 0.141. The average molecular weight is 548 g/mol. The zero-order valence-corrected chi connectivity index (χ0v) is 20.0. The van der Waals surface area contributed by atoms with Crippen LogP contribution in [0.5, 0.6) is 11.5 Å². The minimum atomic E-state index is -1.41. The van der Waals surface area contributed by atoms with Gasteiger partial charge in [0, 0.05) is 0 Å². The van der Waals surface area contributed by atoms with Gasteiger partial charge in [-0.2, -0.15) is 0 Å². The second-order valence-corrected chi connectivity index (χ2v) is 8.19. The number of aromatic amines is 2. The van der Waals surface area contributed by atoms with Crippen molar-refractivity contribution in [2.45, 2.75) is 49.1 Å². The first-order chi connectivity index (χ1) is 18.0. The Kier molecular flexibility index (Phi) is 9.22. The number of aliphatic hydroxyl groups excluding tert-OH is 6. The lowest BCUT2D eigenvalue weighted by atomic mass is 10.1. The molecule has 8 atom stereocenters. The molecule has 2 aromatic heterocycles. The number of ether oxygens (including phenoxy) is 4. The summed E-state index contributed by atoms with van der Waals surface area (Å²) in [6, 6.07) is 0. The van der Waals surface area contributed by atoms with Crippen molar-refractivity contribution in [2.24, 2.45) is 0 Å². The van der Waals surface area contributed by atoms with Crippen LogP contribution in [0, 0.1) is 0 Å². The van der Waals surface area contributed by atoms with Gasteiger partial charge in [0.25, 0.3) is 11.1 Å². The largest absolute Gasteiger partial charge is 0.490 e. The lowest BCUT2D eigenvalue weighted by molar-refractivity contribution is -0.0552. The molecule has 4 rings (SSSR count). The lowest BCUT2D eigenvalue weighted by Gasteiger charge is -2.17. The highest BCUT2D eigenvalue weighted by Gasteiger charge is 2.45. The molecule has 2 aromatic rings. The van der Waals surface area contributed by atoms with Crippen LogP contribution in [-0.2, 0) is 9.47 Å². The highest BCUT2D eigenvalue weighted by atomic mass is 16.6. The maximum atomic E-state index is 11.7. The van der Waals surface area contributed by atoms with E-state index in [2.05, 4.69) is 0 Å². The first-order valence-corrected chi connectivity index (χ1v) is 11.0. The van der Waals surface area contributed by atoms with Crippen molar-refractivity contribution < 1.29 is 49.6 Å². The number of nitrogens with zero attached hydrogens (tertiary/aromatic N) is 2. The second-order valence-electron chi connectivity index (χ2n) is 8.19. The van der Waals surface area contributed by atoms with Crippen molar-refractivity contribution in [3.8, 4) is 11.5 Å². The molecule has 2 aliphatic heterocycles. The Labute approximate surface area is 211 Å². The van der Waals surface area contributed by atoms with Crippen molar-refractivity contribution in [2.75, 3.05) is 27.4 Å². The quantitative estimate of drug-likeness (QED) is 0.167. The monoisotopic (exact) mass is 548 g/mol. The van der Waals surface area contributed by atoms with Crippen LogP contribution in [-0.4, -0.2) is 114 Å². The van der Waals surface area contributed by atoms with Gasteiger partial charge < -0.3 is 49.6 Å². The Bertz CT molecular complexity index is 1230. The molecule has 38 heavy (non-hydrogen) atoms. The van der Waals surface area contributed by atoms with Gasteiger partial charge in [-0.1, -0.05) is 0 Å². The Morgan fingerprint density at radius 3 is 1.32 bits per heavy atom. The topological polar surface area (TPSA) is 268 Å². The number of aromatic nitrogens is 4. The van der Waals surface area contributed by atoms with E-state index < -0.39 is 84.8 Å². The van der Waals surface area contributed by atoms with Crippen molar-refractivity contribution in [3.63, 3.8) is 0 Å². The summed E-state index contributed by atoms with van der Waals surface area (Å²) in [5.41, 5.74) is -3.06. The smallest absolute Gasteiger partial charge is 0.330 e. The second kappa shape index (κ2) is 12.0. The Balaban J connectivity index is 0.000000211. The van der Waals surface area contributed by atoms with Gasteiger partial charge in [-0.3, -0.25) is 28.7 Å². The summed E-state index contributed by atoms with van der Waals surface area (Å²) in [5, 5.41) is 56.7. The summed E-state index contributed by atoms with van der Waals surface area (Å²) in [6.07, 6.45) is -7.80. The van der Waals surface area contributed by atoms with Crippen molar-refractivity contribution >= 4 is 0 Å². The lowest BCUT2D eigenvalue weighted by Crippen LogP contribution is -2.38. The number of aliphatic hydroxyl groups is 6. The van der Waals surface area contributed by atoms with Crippen LogP contribution >= 0.6 is 0 Å². The summed E-state index contributed by atoms with van der Waals surface area (Å²) in [6.45, 7) is -1.02. The fraction of sp³-hybridized carbons (Fsp3) is 0.600. The fourth-order valence-corrected chi connectivity index (χ4v) is 3.82. The van der Waals surface area contributed by atoms with Gasteiger partial charge >= 0.3 is 11.4 Å². The normalized spacial score (nSPS) is 30.5. The number of methoxy groups -OCH3 is 2. The van der Waals surface area contributed by atoms with Crippen LogP contribution in [0.3, 0.4) is 0 Å². The molecule has 18 heteroatoms. The summed E-state index contributed by atoms with van der Waals surface area (Å²) >= 11 is 0. The SMILES string of the molecule is COc1cn([C@@H]2O[C@H](CO)[C@@H](O)[C@H]2O)c(=O)[nH]c1=O.COc1cn([C@@H]2O[C@H](CO)[C@@H](O)[C@H]2O)c(=O)[nH]c1=O. The Morgan fingerprint density at radius 2 is 1.05 bits per heavy atom. The number of H-pyrrole nitrogens is 2. The van der Waals surface area contributed by atoms with Gasteiger partial charge in [0.1, 0.15) is 36.6 Å². The third kappa shape index (κ3) is 5.56. The predicted octanol–water partition coefficient (Wildman–Crippen LogP) is -5.69. The van der Waals surface area contributed by atoms with E-state index in [-0.39, 0.29) is 11.5 Å². The van der Waals surface area contributed by atoms with E-state index in [1.54, 1.807) is 0 Å². The molecule has 0 saturated carbocycles. The predicted molar refractivity (Wildman–Crippen MR) is 122 cm³/mol. The molecule has 2 saturated heterocycles. The minimum Gasteiger partial charge on any atom is -0.490 e. The van der Waals surface area contributed by atoms with Crippen LogP contribution in [0.15, 0.2) is 31.6 Å². The molecule has 2 fully saturated rings. The van der Waals surface area contributed by atoms with Crippen LogP contribution < -0.4 is 32.0 Å². The molecule has 0 spiro atoms. The average Bonchev–Trinajstić information content (AvgIpc) is 3.34. The maximum absolute atomic E-state index is 11.7. The van der Waals surface area contributed by atoms with E-state index in [9.17, 15) is 39.6 Å². The molecule has 0 amide bonds. The summed E-state index contributed by atoms with van der Waals surface area (Å²) in [5.74, 6) is -0.283. The molecular weight excluding hydrogens is 520 g/mol. The first-order valence-electron chi connectivity index (χ1n) is 11.0. The standard InChI is InChI=1S/2C10H14N2O7/c2*1-18-4-2-12(10(17)11-8(4)16)9-7(15)6(14)5(3-13)19-9/h2*2,5-7,9,13-15H,3H2,1H3,(H,11,16,17)/t2*5-,6-,7-,9-/m11/s1. The molecule has 8 N–H and O–H groups in total. The van der Waals surface area contributed by atoms with E-state index in [4.69, 9.17) is 29.2 Å². The fourth-order valence-electron chi connectivity index (χ4n) is 3.82. The Morgan fingerprint density at radius 1 is 0.711 bits per heavy atom. The van der Waals surface area contributed by atoms with Gasteiger partial charge in [-0.15, -0.1) is 0 Å². The third-order valence-corrected chi connectivity index (χ3v) is 5.89. The summed E-state index contributed by atoms with van der Waals surface area (Å²) in [4.78, 5) is 49.9. The van der Waals surface area contributed by atoms with Crippen LogP contribution in [0.25, 0.3) is 0 Å². The van der Waals surface area contributed by atoms with E-state index in [0.29, 0.717) is 0 Å². The van der Waals surface area contributed by atoms with Gasteiger partial charge in [0.2, 0.25) is 11.5 Å². The zero-order chi connectivity index (χ0) is 28.3. The van der Waals surface area contributed by atoms with Crippen molar-refractivity contribution in [3.05, 3.63) is 54.1 Å². The number of nitrogens with one attached hydrogen (secondary N) is 2. The molecular formula is C20H28N4O14. The first kappa shape index (κ1) is 29.2. The van der Waals surface area contributed by atoms with Gasteiger partial charge in [0.15, 0.2) is 12.5 Å². The molecule has 4 heterocycles. The maximum Gasteiger partial charge on any atom is 0.330 e. The molecule has 0 aromatic carbocycles.